The van der Waals surface area contributed by atoms with Crippen LogP contribution in [0.15, 0.2) is 24.3 Å². The number of likely N-dealkylation sites (tertiary alicyclic amines) is 1. The predicted molar refractivity (Wildman–Crippen MR) is 91.6 cm³/mol. The monoisotopic (exact) mass is 317 g/mol. The fourth-order valence-electron chi connectivity index (χ4n) is 3.55. The van der Waals surface area contributed by atoms with E-state index in [1.54, 1.807) is 0 Å². The first-order chi connectivity index (χ1) is 11.1. The zero-order valence-corrected chi connectivity index (χ0v) is 14.1. The minimum Gasteiger partial charge on any atom is -0.373 e. The average Bonchev–Trinajstić information content (AvgIpc) is 3.02. The molecule has 2 aliphatic rings. The van der Waals surface area contributed by atoms with Crippen molar-refractivity contribution in [3.8, 4) is 0 Å². The van der Waals surface area contributed by atoms with Gasteiger partial charge >= 0.3 is 6.03 Å². The highest BCUT2D eigenvalue weighted by Gasteiger charge is 2.23. The van der Waals surface area contributed by atoms with Crippen LogP contribution >= 0.6 is 0 Å². The number of nitrogens with one attached hydrogen (secondary N) is 1. The minimum atomic E-state index is 0.0265. The maximum atomic E-state index is 12.3. The second kappa shape index (κ2) is 7.32. The van der Waals surface area contributed by atoms with E-state index in [0.29, 0.717) is 0 Å². The summed E-state index contributed by atoms with van der Waals surface area (Å²) in [6, 6.07) is 8.14. The Labute approximate surface area is 138 Å². The number of amides is 2. The van der Waals surface area contributed by atoms with Crippen LogP contribution in [0.1, 0.15) is 32.3 Å². The van der Waals surface area contributed by atoms with Crippen molar-refractivity contribution in [3.05, 3.63) is 29.8 Å². The van der Waals surface area contributed by atoms with E-state index in [-0.39, 0.29) is 18.2 Å². The first-order valence-corrected chi connectivity index (χ1v) is 8.63. The predicted octanol–water partition coefficient (Wildman–Crippen LogP) is 2.92. The Hall–Kier alpha value is -1.59. The second-order valence-electron chi connectivity index (χ2n) is 6.73. The van der Waals surface area contributed by atoms with Gasteiger partial charge in [-0.2, -0.15) is 0 Å². The van der Waals surface area contributed by atoms with Gasteiger partial charge in [-0.15, -0.1) is 0 Å². The summed E-state index contributed by atoms with van der Waals surface area (Å²) < 4.78 is 5.80. The van der Waals surface area contributed by atoms with Crippen molar-refractivity contribution in [1.29, 1.82) is 0 Å². The number of carbonyl (C=O) groups excluding carboxylic acids is 1. The first kappa shape index (κ1) is 16.3. The van der Waals surface area contributed by atoms with E-state index in [9.17, 15) is 4.79 Å². The molecule has 1 aromatic rings. The highest BCUT2D eigenvalue weighted by molar-refractivity contribution is 5.90. The number of nitrogens with zero attached hydrogens (tertiary/aromatic N) is 2. The third-order valence-electron chi connectivity index (χ3n) is 4.54. The standard InChI is InChI=1S/C18H27N3O2/c1-14-11-20(12-15(2)23-14)13-16-7-3-4-8-17(16)19-18(22)21-9-5-6-10-21/h3-4,7-8,14-15H,5-6,9-13H2,1-2H3,(H,19,22). The maximum Gasteiger partial charge on any atom is 0.321 e. The summed E-state index contributed by atoms with van der Waals surface area (Å²) >= 11 is 0. The molecule has 1 aromatic carbocycles. The summed E-state index contributed by atoms with van der Waals surface area (Å²) in [6.07, 6.45) is 2.73. The number of ether oxygens (including phenoxy) is 1. The van der Waals surface area contributed by atoms with Crippen molar-refractivity contribution in [1.82, 2.24) is 9.80 Å². The molecule has 2 atom stereocenters. The van der Waals surface area contributed by atoms with E-state index in [1.807, 2.05) is 23.1 Å². The van der Waals surface area contributed by atoms with Gasteiger partial charge in [-0.3, -0.25) is 4.90 Å². The Morgan fingerprint density at radius 1 is 1.17 bits per heavy atom. The third-order valence-corrected chi connectivity index (χ3v) is 4.54. The molecule has 5 heteroatoms. The molecule has 2 unspecified atom stereocenters. The second-order valence-corrected chi connectivity index (χ2v) is 6.73. The lowest BCUT2D eigenvalue weighted by molar-refractivity contribution is -0.0704. The Bertz CT molecular complexity index is 533. The van der Waals surface area contributed by atoms with Gasteiger partial charge < -0.3 is 15.0 Å². The largest absolute Gasteiger partial charge is 0.373 e. The number of benzene rings is 1. The lowest BCUT2D eigenvalue weighted by atomic mass is 10.1. The fraction of sp³-hybridized carbons (Fsp3) is 0.611. The summed E-state index contributed by atoms with van der Waals surface area (Å²) in [5.74, 6) is 0. The molecule has 2 amide bonds. The number of hydrogen-bond acceptors (Lipinski definition) is 3. The van der Waals surface area contributed by atoms with Crippen LogP contribution < -0.4 is 5.32 Å². The normalized spacial score (nSPS) is 25.6. The molecule has 126 valence electrons. The van der Waals surface area contributed by atoms with Crippen molar-refractivity contribution in [2.24, 2.45) is 0 Å². The van der Waals surface area contributed by atoms with Crippen molar-refractivity contribution >= 4 is 11.7 Å². The van der Waals surface area contributed by atoms with Gasteiger partial charge in [-0.25, -0.2) is 4.79 Å². The lowest BCUT2D eigenvalue weighted by Crippen LogP contribution is -2.45. The maximum absolute atomic E-state index is 12.3. The summed E-state index contributed by atoms with van der Waals surface area (Å²) in [7, 11) is 0. The van der Waals surface area contributed by atoms with Gasteiger partial charge in [0.1, 0.15) is 0 Å². The van der Waals surface area contributed by atoms with Crippen LogP contribution in [-0.2, 0) is 11.3 Å². The topological polar surface area (TPSA) is 44.8 Å². The van der Waals surface area contributed by atoms with E-state index >= 15 is 0 Å². The smallest absolute Gasteiger partial charge is 0.321 e. The molecule has 2 heterocycles. The summed E-state index contributed by atoms with van der Waals surface area (Å²) in [5.41, 5.74) is 2.09. The van der Waals surface area contributed by atoms with Crippen LogP contribution in [0.25, 0.3) is 0 Å². The van der Waals surface area contributed by atoms with Gasteiger partial charge in [0.15, 0.2) is 0 Å². The van der Waals surface area contributed by atoms with Crippen LogP contribution in [0.2, 0.25) is 0 Å². The Morgan fingerprint density at radius 3 is 2.52 bits per heavy atom. The lowest BCUT2D eigenvalue weighted by Gasteiger charge is -2.35. The molecule has 0 saturated carbocycles. The molecule has 2 fully saturated rings. The zero-order valence-electron chi connectivity index (χ0n) is 14.1. The molecular formula is C18H27N3O2. The van der Waals surface area contributed by atoms with Gasteiger partial charge in [0.2, 0.25) is 0 Å². The molecule has 2 aliphatic heterocycles. The van der Waals surface area contributed by atoms with E-state index < -0.39 is 0 Å². The molecule has 2 saturated heterocycles. The van der Waals surface area contributed by atoms with Crippen LogP contribution in [-0.4, -0.2) is 54.2 Å². The van der Waals surface area contributed by atoms with E-state index in [0.717, 1.165) is 51.3 Å². The minimum absolute atomic E-state index is 0.0265. The fourth-order valence-corrected chi connectivity index (χ4v) is 3.55. The Balaban J connectivity index is 1.66. The Kier molecular flexibility index (Phi) is 5.18. The van der Waals surface area contributed by atoms with Crippen molar-refractivity contribution in [2.45, 2.75) is 45.4 Å². The number of morpholine rings is 1. The molecule has 0 radical (unpaired) electrons. The molecule has 0 spiro atoms. The first-order valence-electron chi connectivity index (χ1n) is 8.63. The van der Waals surface area contributed by atoms with Gasteiger partial charge in [0.05, 0.1) is 12.2 Å². The number of rotatable bonds is 3. The van der Waals surface area contributed by atoms with Gasteiger partial charge in [0, 0.05) is 38.4 Å². The van der Waals surface area contributed by atoms with E-state index in [1.165, 1.54) is 5.56 Å². The summed E-state index contributed by atoms with van der Waals surface area (Å²) in [6.45, 7) is 8.67. The van der Waals surface area contributed by atoms with Crippen LogP contribution in [0, 0.1) is 0 Å². The molecule has 3 rings (SSSR count). The van der Waals surface area contributed by atoms with Crippen LogP contribution in [0.5, 0.6) is 0 Å². The SMILES string of the molecule is CC1CN(Cc2ccccc2NC(=O)N2CCCC2)CC(C)O1. The molecule has 0 aliphatic carbocycles. The zero-order chi connectivity index (χ0) is 16.2. The number of urea groups is 1. The molecular weight excluding hydrogens is 290 g/mol. The van der Waals surface area contributed by atoms with Crippen LogP contribution in [0.3, 0.4) is 0 Å². The number of anilines is 1. The quantitative estimate of drug-likeness (QED) is 0.932. The third kappa shape index (κ3) is 4.24. The summed E-state index contributed by atoms with van der Waals surface area (Å²) in [4.78, 5) is 16.6. The van der Waals surface area contributed by atoms with Crippen molar-refractivity contribution < 1.29 is 9.53 Å². The highest BCUT2D eigenvalue weighted by atomic mass is 16.5. The van der Waals surface area contributed by atoms with Gasteiger partial charge in [0.25, 0.3) is 0 Å². The van der Waals surface area contributed by atoms with Gasteiger partial charge in [-0.05, 0) is 38.3 Å². The molecule has 0 bridgehead atoms. The van der Waals surface area contributed by atoms with Crippen molar-refractivity contribution in [3.63, 3.8) is 0 Å². The van der Waals surface area contributed by atoms with Crippen molar-refractivity contribution in [2.75, 3.05) is 31.5 Å². The number of hydrogen-bond donors (Lipinski definition) is 1. The van der Waals surface area contributed by atoms with Crippen LogP contribution in [0.4, 0.5) is 10.5 Å². The van der Waals surface area contributed by atoms with Gasteiger partial charge in [-0.1, -0.05) is 18.2 Å². The number of carbonyl (C=O) groups is 1. The highest BCUT2D eigenvalue weighted by Crippen LogP contribution is 2.21. The molecule has 0 aromatic heterocycles. The molecule has 1 N–H and O–H groups in total. The van der Waals surface area contributed by atoms with E-state index in [2.05, 4.69) is 30.1 Å². The molecule has 23 heavy (non-hydrogen) atoms. The van der Waals surface area contributed by atoms with E-state index in [4.69, 9.17) is 4.74 Å². The number of para-hydroxylation sites is 1. The molecule has 5 nitrogen and oxygen atoms in total. The average molecular weight is 317 g/mol. The Morgan fingerprint density at radius 2 is 1.83 bits per heavy atom. The summed E-state index contributed by atoms with van der Waals surface area (Å²) in [5, 5.41) is 3.09.